The molecule has 3 aliphatic rings. The fraction of sp³-hybridized carbons (Fsp3) is 0.296. The number of thiophene rings is 1. The fourth-order valence-electron chi connectivity index (χ4n) is 5.35. The van der Waals surface area contributed by atoms with Gasteiger partial charge in [-0.2, -0.15) is 5.26 Å². The number of benzene rings is 2. The SMILES string of the molecule is Cc1ccc([C@@H]2[C@H]3C(=O)N(c4sc5c(c4C#N)CCCC5)C(=O)[C@H]3ON2c2ccc(Cl)cc2)cc1. The topological polar surface area (TPSA) is 73.6 Å². The minimum Gasteiger partial charge on any atom is -0.273 e. The lowest BCUT2D eigenvalue weighted by molar-refractivity contribution is -0.126. The lowest BCUT2D eigenvalue weighted by Crippen LogP contribution is -2.37. The summed E-state index contributed by atoms with van der Waals surface area (Å²) in [5.41, 5.74) is 4.15. The number of rotatable bonds is 3. The Morgan fingerprint density at radius 1 is 1.03 bits per heavy atom. The highest BCUT2D eigenvalue weighted by molar-refractivity contribution is 7.17. The lowest BCUT2D eigenvalue weighted by Gasteiger charge is -2.28. The third-order valence-electron chi connectivity index (χ3n) is 7.08. The van der Waals surface area contributed by atoms with Crippen molar-refractivity contribution in [2.24, 2.45) is 5.92 Å². The Labute approximate surface area is 212 Å². The molecule has 6 nitrogen and oxygen atoms in total. The van der Waals surface area contributed by atoms with E-state index in [0.29, 0.717) is 21.3 Å². The molecule has 2 fully saturated rings. The summed E-state index contributed by atoms with van der Waals surface area (Å²) in [7, 11) is 0. The standard InChI is InChI=1S/C27H22ClN3O3S/c1-15-6-8-16(9-7-15)23-22-24(34-31(23)18-12-10-17(28)11-13-18)26(33)30(25(22)32)27-20(14-29)19-4-2-3-5-21(19)35-27/h6-13,22-24H,2-5H2,1H3/t22-,23-,24+/m1/s1. The van der Waals surface area contributed by atoms with Crippen LogP contribution < -0.4 is 9.96 Å². The largest absolute Gasteiger partial charge is 0.273 e. The van der Waals surface area contributed by atoms with Crippen molar-refractivity contribution < 1.29 is 14.4 Å². The molecule has 2 saturated heterocycles. The third-order valence-corrected chi connectivity index (χ3v) is 8.61. The van der Waals surface area contributed by atoms with E-state index in [0.717, 1.165) is 47.3 Å². The zero-order chi connectivity index (χ0) is 24.3. The van der Waals surface area contributed by atoms with E-state index < -0.39 is 24.0 Å². The summed E-state index contributed by atoms with van der Waals surface area (Å²) in [6, 6.07) is 16.8. The van der Waals surface area contributed by atoms with Crippen LogP contribution in [0.25, 0.3) is 0 Å². The Morgan fingerprint density at radius 3 is 2.46 bits per heavy atom. The van der Waals surface area contributed by atoms with Crippen molar-refractivity contribution in [3.05, 3.63) is 80.7 Å². The maximum Gasteiger partial charge on any atom is 0.267 e. The Morgan fingerprint density at radius 2 is 1.74 bits per heavy atom. The Balaban J connectivity index is 1.44. The highest BCUT2D eigenvalue weighted by atomic mass is 35.5. The molecule has 3 atom stereocenters. The number of fused-ring (bicyclic) bond motifs is 2. The smallest absolute Gasteiger partial charge is 0.267 e. The number of nitriles is 1. The van der Waals surface area contributed by atoms with E-state index in [2.05, 4.69) is 6.07 Å². The molecule has 176 valence electrons. The second-order valence-corrected chi connectivity index (χ2v) is 10.7. The average molecular weight is 504 g/mol. The number of hydroxylamine groups is 1. The highest BCUT2D eigenvalue weighted by Gasteiger charge is 2.61. The molecule has 2 aliphatic heterocycles. The van der Waals surface area contributed by atoms with Crippen LogP contribution in [0.4, 0.5) is 10.7 Å². The van der Waals surface area contributed by atoms with Crippen molar-refractivity contribution in [2.75, 3.05) is 9.96 Å². The molecular weight excluding hydrogens is 482 g/mol. The second-order valence-electron chi connectivity index (χ2n) is 9.22. The van der Waals surface area contributed by atoms with Gasteiger partial charge >= 0.3 is 0 Å². The van der Waals surface area contributed by atoms with E-state index in [9.17, 15) is 14.9 Å². The maximum atomic E-state index is 13.9. The molecule has 2 aromatic carbocycles. The predicted octanol–water partition coefficient (Wildman–Crippen LogP) is 5.51. The normalized spacial score (nSPS) is 23.4. The van der Waals surface area contributed by atoms with Crippen molar-refractivity contribution >= 4 is 45.4 Å². The Hall–Kier alpha value is -3.18. The molecule has 8 heteroatoms. The van der Waals surface area contributed by atoms with Crippen LogP contribution in [0.3, 0.4) is 0 Å². The molecule has 6 rings (SSSR count). The number of hydrogen-bond donors (Lipinski definition) is 0. The van der Waals surface area contributed by atoms with E-state index in [4.69, 9.17) is 16.4 Å². The van der Waals surface area contributed by atoms with Crippen LogP contribution in [-0.2, 0) is 27.3 Å². The molecule has 3 heterocycles. The number of halogens is 1. The van der Waals surface area contributed by atoms with Gasteiger partial charge in [0.1, 0.15) is 17.0 Å². The number of anilines is 2. The van der Waals surface area contributed by atoms with Crippen LogP contribution in [-0.4, -0.2) is 17.9 Å². The van der Waals surface area contributed by atoms with Crippen LogP contribution in [0.1, 0.15) is 46.0 Å². The van der Waals surface area contributed by atoms with Crippen LogP contribution in [0, 0.1) is 24.2 Å². The molecule has 35 heavy (non-hydrogen) atoms. The number of nitrogens with zero attached hydrogens (tertiary/aromatic N) is 3. The van der Waals surface area contributed by atoms with Gasteiger partial charge in [-0.15, -0.1) is 11.3 Å². The van der Waals surface area contributed by atoms with Crippen LogP contribution in [0.5, 0.6) is 0 Å². The molecule has 3 aromatic rings. The number of carbonyl (C=O) groups excluding carboxylic acids is 2. The first kappa shape index (κ1) is 22.3. The van der Waals surface area contributed by atoms with E-state index in [-0.39, 0.29) is 5.91 Å². The minimum absolute atomic E-state index is 0.322. The summed E-state index contributed by atoms with van der Waals surface area (Å²) in [5, 5.41) is 12.6. The van der Waals surface area contributed by atoms with Crippen molar-refractivity contribution in [1.82, 2.24) is 0 Å². The molecular formula is C27H22ClN3O3S. The van der Waals surface area contributed by atoms with Gasteiger partial charge in [0.2, 0.25) is 5.91 Å². The van der Waals surface area contributed by atoms with Crippen molar-refractivity contribution in [3.8, 4) is 6.07 Å². The predicted molar refractivity (Wildman–Crippen MR) is 134 cm³/mol. The molecule has 0 saturated carbocycles. The molecule has 1 aliphatic carbocycles. The molecule has 1 aromatic heterocycles. The van der Waals surface area contributed by atoms with Gasteiger partial charge in [-0.3, -0.25) is 14.4 Å². The first-order valence-electron chi connectivity index (χ1n) is 11.7. The first-order chi connectivity index (χ1) is 17.0. The molecule has 0 bridgehead atoms. The minimum atomic E-state index is -0.963. The number of hydrogen-bond acceptors (Lipinski definition) is 6. The zero-order valence-corrected chi connectivity index (χ0v) is 20.6. The fourth-order valence-corrected chi connectivity index (χ4v) is 6.83. The van der Waals surface area contributed by atoms with Crippen molar-refractivity contribution in [3.63, 3.8) is 0 Å². The first-order valence-corrected chi connectivity index (χ1v) is 12.9. The highest BCUT2D eigenvalue weighted by Crippen LogP contribution is 2.50. The van der Waals surface area contributed by atoms with Gasteiger partial charge in [0.05, 0.1) is 17.3 Å². The van der Waals surface area contributed by atoms with Crippen molar-refractivity contribution in [2.45, 2.75) is 44.8 Å². The van der Waals surface area contributed by atoms with E-state index >= 15 is 0 Å². The Kier molecular flexibility index (Phi) is 5.41. The number of aryl methyl sites for hydroxylation is 2. The molecule has 2 amide bonds. The van der Waals surface area contributed by atoms with Gasteiger partial charge in [-0.25, -0.2) is 9.96 Å². The summed E-state index contributed by atoms with van der Waals surface area (Å²) in [6.45, 7) is 2.00. The Bertz CT molecular complexity index is 1380. The summed E-state index contributed by atoms with van der Waals surface area (Å²) in [4.78, 5) is 36.2. The van der Waals surface area contributed by atoms with Crippen LogP contribution >= 0.6 is 22.9 Å². The van der Waals surface area contributed by atoms with E-state index in [1.54, 1.807) is 17.2 Å². The summed E-state index contributed by atoms with van der Waals surface area (Å²) < 4.78 is 0. The molecule has 0 N–H and O–H groups in total. The van der Waals surface area contributed by atoms with Gasteiger partial charge in [0.15, 0.2) is 6.10 Å². The van der Waals surface area contributed by atoms with Gasteiger partial charge in [-0.1, -0.05) is 41.4 Å². The average Bonchev–Trinajstić information content (AvgIpc) is 3.50. The van der Waals surface area contributed by atoms with Gasteiger partial charge in [-0.05, 0) is 68.0 Å². The molecule has 0 unspecified atom stereocenters. The third kappa shape index (κ3) is 3.48. The summed E-state index contributed by atoms with van der Waals surface area (Å²) in [5.74, 6) is -1.47. The van der Waals surface area contributed by atoms with Gasteiger partial charge < -0.3 is 0 Å². The van der Waals surface area contributed by atoms with Gasteiger partial charge in [0, 0.05) is 9.90 Å². The van der Waals surface area contributed by atoms with E-state index in [1.165, 1.54) is 16.2 Å². The number of amides is 2. The monoisotopic (exact) mass is 503 g/mol. The lowest BCUT2D eigenvalue weighted by atomic mass is 9.90. The zero-order valence-electron chi connectivity index (χ0n) is 19.0. The molecule has 0 spiro atoms. The second kappa shape index (κ2) is 8.49. The van der Waals surface area contributed by atoms with Crippen molar-refractivity contribution in [1.29, 1.82) is 5.26 Å². The maximum absolute atomic E-state index is 13.9. The molecule has 0 radical (unpaired) electrons. The quantitative estimate of drug-likeness (QED) is 0.440. The van der Waals surface area contributed by atoms with Gasteiger partial charge in [0.25, 0.3) is 5.91 Å². The number of imide groups is 1. The number of carbonyl (C=O) groups is 2. The summed E-state index contributed by atoms with van der Waals surface area (Å²) >= 11 is 7.50. The van der Waals surface area contributed by atoms with Crippen LogP contribution in [0.2, 0.25) is 5.02 Å². The summed E-state index contributed by atoms with van der Waals surface area (Å²) in [6.07, 6.45) is 2.80. The van der Waals surface area contributed by atoms with Crippen LogP contribution in [0.15, 0.2) is 48.5 Å². The van der Waals surface area contributed by atoms with E-state index in [1.807, 2.05) is 43.3 Å².